The molecule has 0 aromatic heterocycles. The number of benzene rings is 1. The van der Waals surface area contributed by atoms with Crippen molar-refractivity contribution in [3.05, 3.63) is 47.0 Å². The summed E-state index contributed by atoms with van der Waals surface area (Å²) in [4.78, 5) is 0. The SMILES string of the molecule is C=CCCNC(CN)c1cc(C)c(C)cc1C. The van der Waals surface area contributed by atoms with Gasteiger partial charge in [0.25, 0.3) is 0 Å². The highest BCUT2D eigenvalue weighted by Gasteiger charge is 2.12. The molecular formula is C15H24N2. The van der Waals surface area contributed by atoms with E-state index in [1.165, 1.54) is 22.3 Å². The number of nitrogens with two attached hydrogens (primary N) is 1. The van der Waals surface area contributed by atoms with Crippen LogP contribution in [0.4, 0.5) is 0 Å². The second-order valence-corrected chi connectivity index (χ2v) is 4.61. The van der Waals surface area contributed by atoms with E-state index in [9.17, 15) is 0 Å². The zero-order valence-electron chi connectivity index (χ0n) is 11.2. The van der Waals surface area contributed by atoms with Crippen LogP contribution in [0.25, 0.3) is 0 Å². The van der Waals surface area contributed by atoms with Crippen LogP contribution in [0.15, 0.2) is 24.8 Å². The predicted octanol–water partition coefficient (Wildman–Crippen LogP) is 2.78. The Balaban J connectivity index is 2.87. The molecule has 0 heterocycles. The van der Waals surface area contributed by atoms with Crippen molar-refractivity contribution in [1.82, 2.24) is 5.32 Å². The van der Waals surface area contributed by atoms with E-state index in [2.05, 4.69) is 44.8 Å². The lowest BCUT2D eigenvalue weighted by Gasteiger charge is -2.20. The molecule has 0 spiro atoms. The van der Waals surface area contributed by atoms with Crippen LogP contribution < -0.4 is 11.1 Å². The van der Waals surface area contributed by atoms with Crippen LogP contribution in [0.3, 0.4) is 0 Å². The zero-order chi connectivity index (χ0) is 12.8. The molecule has 0 amide bonds. The first-order valence-electron chi connectivity index (χ1n) is 6.22. The van der Waals surface area contributed by atoms with Gasteiger partial charge in [0.1, 0.15) is 0 Å². The third-order valence-electron chi connectivity index (χ3n) is 3.23. The first kappa shape index (κ1) is 13.9. The van der Waals surface area contributed by atoms with Crippen molar-refractivity contribution in [2.45, 2.75) is 33.2 Å². The van der Waals surface area contributed by atoms with Gasteiger partial charge in [-0.1, -0.05) is 18.2 Å². The van der Waals surface area contributed by atoms with Gasteiger partial charge in [0.15, 0.2) is 0 Å². The molecule has 1 aromatic carbocycles. The minimum Gasteiger partial charge on any atom is -0.329 e. The average molecular weight is 232 g/mol. The molecule has 0 saturated heterocycles. The van der Waals surface area contributed by atoms with Crippen LogP contribution in [-0.4, -0.2) is 13.1 Å². The lowest BCUT2D eigenvalue weighted by molar-refractivity contribution is 0.546. The summed E-state index contributed by atoms with van der Waals surface area (Å²) in [6.45, 7) is 11.7. The maximum absolute atomic E-state index is 5.86. The van der Waals surface area contributed by atoms with E-state index in [0.29, 0.717) is 6.54 Å². The fourth-order valence-corrected chi connectivity index (χ4v) is 2.04. The Morgan fingerprint density at radius 2 is 1.88 bits per heavy atom. The molecule has 1 aromatic rings. The molecule has 0 saturated carbocycles. The number of rotatable bonds is 6. The molecule has 0 aliphatic rings. The Morgan fingerprint density at radius 1 is 1.24 bits per heavy atom. The highest BCUT2D eigenvalue weighted by atomic mass is 14.9. The van der Waals surface area contributed by atoms with Crippen molar-refractivity contribution < 1.29 is 0 Å². The Hall–Kier alpha value is -1.12. The van der Waals surface area contributed by atoms with Crippen LogP contribution in [0.5, 0.6) is 0 Å². The van der Waals surface area contributed by atoms with Crippen molar-refractivity contribution >= 4 is 0 Å². The monoisotopic (exact) mass is 232 g/mol. The number of aryl methyl sites for hydroxylation is 3. The first-order valence-corrected chi connectivity index (χ1v) is 6.22. The normalized spacial score (nSPS) is 12.5. The van der Waals surface area contributed by atoms with E-state index in [0.717, 1.165) is 13.0 Å². The fraction of sp³-hybridized carbons (Fsp3) is 0.467. The van der Waals surface area contributed by atoms with Gasteiger partial charge in [-0.3, -0.25) is 0 Å². The molecule has 0 fully saturated rings. The van der Waals surface area contributed by atoms with Crippen LogP contribution in [0, 0.1) is 20.8 Å². The minimum atomic E-state index is 0.245. The molecule has 1 atom stereocenters. The van der Waals surface area contributed by atoms with Crippen molar-refractivity contribution in [3.8, 4) is 0 Å². The standard InChI is InChI=1S/C15H24N2/c1-5-6-7-17-15(10-16)14-9-12(3)11(2)8-13(14)4/h5,8-9,15,17H,1,6-7,10,16H2,2-4H3. The van der Waals surface area contributed by atoms with Crippen molar-refractivity contribution in [2.24, 2.45) is 5.73 Å². The van der Waals surface area contributed by atoms with Gasteiger partial charge in [0.2, 0.25) is 0 Å². The smallest absolute Gasteiger partial charge is 0.0447 e. The summed E-state index contributed by atoms with van der Waals surface area (Å²) in [6, 6.07) is 4.74. The molecule has 0 bridgehead atoms. The van der Waals surface area contributed by atoms with Gasteiger partial charge in [0, 0.05) is 12.6 Å². The lowest BCUT2D eigenvalue weighted by Crippen LogP contribution is -2.29. The summed E-state index contributed by atoms with van der Waals surface area (Å²) in [5, 5.41) is 3.48. The molecule has 3 N–H and O–H groups in total. The maximum Gasteiger partial charge on any atom is 0.0447 e. The molecule has 17 heavy (non-hydrogen) atoms. The number of hydrogen-bond acceptors (Lipinski definition) is 2. The summed E-state index contributed by atoms with van der Waals surface area (Å²) in [5.41, 5.74) is 11.2. The van der Waals surface area contributed by atoms with Crippen LogP contribution in [0.1, 0.15) is 34.7 Å². The summed E-state index contributed by atoms with van der Waals surface area (Å²) in [6.07, 6.45) is 2.90. The molecule has 94 valence electrons. The molecule has 0 aliphatic heterocycles. The molecule has 0 radical (unpaired) electrons. The molecule has 0 aliphatic carbocycles. The fourth-order valence-electron chi connectivity index (χ4n) is 2.04. The highest BCUT2D eigenvalue weighted by molar-refractivity contribution is 5.38. The van der Waals surface area contributed by atoms with E-state index in [1.807, 2.05) is 6.08 Å². The molecule has 1 rings (SSSR count). The van der Waals surface area contributed by atoms with Crippen molar-refractivity contribution in [1.29, 1.82) is 0 Å². The molecule has 2 heteroatoms. The summed E-state index contributed by atoms with van der Waals surface area (Å²) >= 11 is 0. The van der Waals surface area contributed by atoms with Gasteiger partial charge in [-0.15, -0.1) is 6.58 Å². The Labute approximate surface area is 105 Å². The van der Waals surface area contributed by atoms with Gasteiger partial charge in [-0.2, -0.15) is 0 Å². The summed E-state index contributed by atoms with van der Waals surface area (Å²) in [5.74, 6) is 0. The van der Waals surface area contributed by atoms with Gasteiger partial charge in [-0.05, 0) is 56.0 Å². The van der Waals surface area contributed by atoms with E-state index in [4.69, 9.17) is 5.73 Å². The topological polar surface area (TPSA) is 38.0 Å². The van der Waals surface area contributed by atoms with Gasteiger partial charge < -0.3 is 11.1 Å². The number of nitrogens with one attached hydrogen (secondary N) is 1. The van der Waals surface area contributed by atoms with Crippen LogP contribution >= 0.6 is 0 Å². The highest BCUT2D eigenvalue weighted by Crippen LogP contribution is 2.21. The second kappa shape index (κ2) is 6.58. The van der Waals surface area contributed by atoms with E-state index >= 15 is 0 Å². The van der Waals surface area contributed by atoms with Gasteiger partial charge in [-0.25, -0.2) is 0 Å². The molecule has 2 nitrogen and oxygen atoms in total. The van der Waals surface area contributed by atoms with Gasteiger partial charge >= 0.3 is 0 Å². The van der Waals surface area contributed by atoms with Crippen molar-refractivity contribution in [3.63, 3.8) is 0 Å². The predicted molar refractivity (Wildman–Crippen MR) is 75.3 cm³/mol. The Kier molecular flexibility index (Phi) is 5.39. The van der Waals surface area contributed by atoms with E-state index in [-0.39, 0.29) is 6.04 Å². The van der Waals surface area contributed by atoms with E-state index < -0.39 is 0 Å². The van der Waals surface area contributed by atoms with Gasteiger partial charge in [0.05, 0.1) is 0 Å². The quantitative estimate of drug-likeness (QED) is 0.584. The van der Waals surface area contributed by atoms with Crippen molar-refractivity contribution in [2.75, 3.05) is 13.1 Å². The number of hydrogen-bond donors (Lipinski definition) is 2. The average Bonchev–Trinajstić information content (AvgIpc) is 2.30. The van der Waals surface area contributed by atoms with Crippen LogP contribution in [0.2, 0.25) is 0 Å². The first-order chi connectivity index (χ1) is 8.10. The largest absolute Gasteiger partial charge is 0.329 e. The minimum absolute atomic E-state index is 0.245. The third-order valence-corrected chi connectivity index (χ3v) is 3.23. The lowest BCUT2D eigenvalue weighted by atomic mass is 9.95. The zero-order valence-corrected chi connectivity index (χ0v) is 11.2. The Bertz CT molecular complexity index is 383. The Morgan fingerprint density at radius 3 is 2.47 bits per heavy atom. The van der Waals surface area contributed by atoms with E-state index in [1.54, 1.807) is 0 Å². The maximum atomic E-state index is 5.86. The third kappa shape index (κ3) is 3.69. The second-order valence-electron chi connectivity index (χ2n) is 4.61. The van der Waals surface area contributed by atoms with Crippen LogP contribution in [-0.2, 0) is 0 Å². The summed E-state index contributed by atoms with van der Waals surface area (Å²) < 4.78 is 0. The molecular weight excluding hydrogens is 208 g/mol. The summed E-state index contributed by atoms with van der Waals surface area (Å²) in [7, 11) is 0. The molecule has 1 unspecified atom stereocenters.